The molecule has 1 aromatic carbocycles. The predicted molar refractivity (Wildman–Crippen MR) is 71.4 cm³/mol. The number of H-pyrrole nitrogens is 1. The molecule has 0 spiro atoms. The molecule has 18 heavy (non-hydrogen) atoms. The molecular weight excluding hydrogens is 226 g/mol. The van der Waals surface area contributed by atoms with Gasteiger partial charge in [0, 0.05) is 23.1 Å². The van der Waals surface area contributed by atoms with E-state index in [1.54, 1.807) is 0 Å². The maximum absolute atomic E-state index is 11.4. The lowest BCUT2D eigenvalue weighted by Gasteiger charge is -2.28. The number of carbonyl (C=O) groups is 1. The van der Waals surface area contributed by atoms with Gasteiger partial charge in [0.25, 0.3) is 0 Å². The van der Waals surface area contributed by atoms with Crippen molar-refractivity contribution in [2.45, 2.75) is 25.9 Å². The maximum Gasteiger partial charge on any atom is 0.236 e. The summed E-state index contributed by atoms with van der Waals surface area (Å²) in [7, 11) is 0. The van der Waals surface area contributed by atoms with E-state index in [0.29, 0.717) is 6.54 Å². The van der Waals surface area contributed by atoms with E-state index in [1.165, 1.54) is 10.9 Å². The van der Waals surface area contributed by atoms with E-state index in [1.807, 2.05) is 6.92 Å². The van der Waals surface area contributed by atoms with Crippen molar-refractivity contribution in [1.29, 1.82) is 0 Å². The van der Waals surface area contributed by atoms with Crippen molar-refractivity contribution in [2.75, 3.05) is 6.54 Å². The van der Waals surface area contributed by atoms with Crippen LogP contribution in [0.3, 0.4) is 0 Å². The van der Waals surface area contributed by atoms with E-state index < -0.39 is 0 Å². The fraction of sp³-hybridized carbons (Fsp3) is 0.357. The highest BCUT2D eigenvalue weighted by Gasteiger charge is 2.25. The van der Waals surface area contributed by atoms with Crippen molar-refractivity contribution in [3.8, 4) is 0 Å². The van der Waals surface area contributed by atoms with E-state index in [9.17, 15) is 4.79 Å². The first kappa shape index (κ1) is 11.3. The highest BCUT2D eigenvalue weighted by Crippen LogP contribution is 2.23. The molecule has 2 aromatic rings. The minimum atomic E-state index is -0.142. The van der Waals surface area contributed by atoms with Gasteiger partial charge in [0.05, 0.1) is 12.1 Å². The second-order valence-corrected chi connectivity index (χ2v) is 4.95. The van der Waals surface area contributed by atoms with Crippen molar-refractivity contribution in [1.82, 2.24) is 15.6 Å². The summed E-state index contributed by atoms with van der Waals surface area (Å²) < 4.78 is 0. The van der Waals surface area contributed by atoms with Gasteiger partial charge in [-0.25, -0.2) is 0 Å². The molecule has 1 aromatic heterocycles. The van der Waals surface area contributed by atoms with Crippen molar-refractivity contribution in [3.05, 3.63) is 35.5 Å². The summed E-state index contributed by atoms with van der Waals surface area (Å²) in [6.45, 7) is 4.63. The van der Waals surface area contributed by atoms with Gasteiger partial charge in [-0.2, -0.15) is 0 Å². The predicted octanol–water partition coefficient (Wildman–Crippen LogP) is 1.63. The molecule has 94 valence electrons. The fourth-order valence-electron chi connectivity index (χ4n) is 2.51. The quantitative estimate of drug-likeness (QED) is 0.713. The van der Waals surface area contributed by atoms with Gasteiger partial charge in [0.1, 0.15) is 0 Å². The molecule has 1 fully saturated rings. The van der Waals surface area contributed by atoms with Crippen LogP contribution in [0.5, 0.6) is 0 Å². The Morgan fingerprint density at radius 2 is 2.17 bits per heavy atom. The molecule has 2 heterocycles. The van der Waals surface area contributed by atoms with Gasteiger partial charge in [-0.3, -0.25) is 10.1 Å². The number of aromatic amines is 1. The Morgan fingerprint density at radius 1 is 1.33 bits per heavy atom. The van der Waals surface area contributed by atoms with Gasteiger partial charge < -0.3 is 10.3 Å². The molecule has 4 nitrogen and oxygen atoms in total. The van der Waals surface area contributed by atoms with Crippen LogP contribution in [0.4, 0.5) is 0 Å². The topological polar surface area (TPSA) is 56.9 Å². The van der Waals surface area contributed by atoms with E-state index >= 15 is 0 Å². The molecule has 4 heteroatoms. The molecule has 3 rings (SSSR count). The van der Waals surface area contributed by atoms with E-state index in [-0.39, 0.29) is 18.0 Å². The van der Waals surface area contributed by atoms with Crippen molar-refractivity contribution >= 4 is 16.8 Å². The highest BCUT2D eigenvalue weighted by molar-refractivity contribution is 5.84. The minimum Gasteiger partial charge on any atom is -0.357 e. The number of rotatable bonds is 1. The normalized spacial score (nSPS) is 24.2. The summed E-state index contributed by atoms with van der Waals surface area (Å²) >= 11 is 0. The Labute approximate surface area is 106 Å². The van der Waals surface area contributed by atoms with Crippen LogP contribution in [0.1, 0.15) is 24.2 Å². The van der Waals surface area contributed by atoms with Crippen LogP contribution in [0.15, 0.2) is 24.3 Å². The van der Waals surface area contributed by atoms with Crippen LogP contribution in [-0.4, -0.2) is 23.5 Å². The third-order valence-electron chi connectivity index (χ3n) is 3.60. The number of carbonyl (C=O) groups excluding carboxylic acids is 1. The third kappa shape index (κ3) is 1.78. The number of nitrogens with one attached hydrogen (secondary N) is 3. The second kappa shape index (κ2) is 4.14. The largest absolute Gasteiger partial charge is 0.357 e. The average molecular weight is 243 g/mol. The SMILES string of the molecule is Cc1cccc2[nH]c(C3CNC(=O)[C@H](C)N3)cc12. The Kier molecular flexibility index (Phi) is 2.59. The number of benzene rings is 1. The Balaban J connectivity index is 1.95. The number of hydrogen-bond acceptors (Lipinski definition) is 2. The number of hydrogen-bond donors (Lipinski definition) is 3. The van der Waals surface area contributed by atoms with Crippen LogP contribution >= 0.6 is 0 Å². The zero-order valence-electron chi connectivity index (χ0n) is 10.6. The molecular formula is C14H17N3O. The Bertz CT molecular complexity index is 602. The summed E-state index contributed by atoms with van der Waals surface area (Å²) in [6.07, 6.45) is 0. The van der Waals surface area contributed by atoms with Gasteiger partial charge in [-0.05, 0) is 31.5 Å². The first-order chi connectivity index (χ1) is 8.65. The van der Waals surface area contributed by atoms with E-state index in [4.69, 9.17) is 0 Å². The summed E-state index contributed by atoms with van der Waals surface area (Å²) in [6, 6.07) is 8.43. The smallest absolute Gasteiger partial charge is 0.236 e. The Morgan fingerprint density at radius 3 is 2.89 bits per heavy atom. The number of aromatic nitrogens is 1. The lowest BCUT2D eigenvalue weighted by Crippen LogP contribution is -2.53. The number of fused-ring (bicyclic) bond motifs is 1. The van der Waals surface area contributed by atoms with E-state index in [0.717, 1.165) is 11.2 Å². The zero-order chi connectivity index (χ0) is 12.7. The third-order valence-corrected chi connectivity index (χ3v) is 3.60. The molecule has 0 bridgehead atoms. The first-order valence-corrected chi connectivity index (χ1v) is 6.27. The molecule has 1 aliphatic rings. The first-order valence-electron chi connectivity index (χ1n) is 6.27. The lowest BCUT2D eigenvalue weighted by molar-refractivity contribution is -0.124. The summed E-state index contributed by atoms with van der Waals surface area (Å²) in [5.74, 6) is 0.0681. The van der Waals surface area contributed by atoms with Crippen LogP contribution < -0.4 is 10.6 Å². The van der Waals surface area contributed by atoms with Gasteiger partial charge in [0.2, 0.25) is 5.91 Å². The monoisotopic (exact) mass is 243 g/mol. The van der Waals surface area contributed by atoms with Gasteiger partial charge >= 0.3 is 0 Å². The van der Waals surface area contributed by atoms with Crippen molar-refractivity contribution < 1.29 is 4.79 Å². The number of piperazine rings is 1. The van der Waals surface area contributed by atoms with Crippen LogP contribution in [0.2, 0.25) is 0 Å². The fourth-order valence-corrected chi connectivity index (χ4v) is 2.51. The molecule has 1 amide bonds. The number of aryl methyl sites for hydroxylation is 1. The average Bonchev–Trinajstić information content (AvgIpc) is 2.78. The highest BCUT2D eigenvalue weighted by atomic mass is 16.2. The van der Waals surface area contributed by atoms with Crippen molar-refractivity contribution in [2.24, 2.45) is 0 Å². The van der Waals surface area contributed by atoms with Gasteiger partial charge in [0.15, 0.2) is 0 Å². The van der Waals surface area contributed by atoms with Crippen LogP contribution in [0, 0.1) is 6.92 Å². The summed E-state index contributed by atoms with van der Waals surface area (Å²) in [5.41, 5.74) is 3.55. The van der Waals surface area contributed by atoms with Crippen molar-refractivity contribution in [3.63, 3.8) is 0 Å². The van der Waals surface area contributed by atoms with Crippen LogP contribution in [-0.2, 0) is 4.79 Å². The summed E-state index contributed by atoms with van der Waals surface area (Å²) in [5, 5.41) is 7.49. The molecule has 2 atom stereocenters. The standard InChI is InChI=1S/C14H17N3O/c1-8-4-3-5-11-10(8)6-12(17-11)13-7-15-14(18)9(2)16-13/h3-6,9,13,16-17H,7H2,1-2H3,(H,15,18)/t9-,13?/m0/s1. The lowest BCUT2D eigenvalue weighted by atomic mass is 10.1. The molecule has 0 radical (unpaired) electrons. The molecule has 1 unspecified atom stereocenters. The molecule has 1 saturated heterocycles. The zero-order valence-corrected chi connectivity index (χ0v) is 10.6. The van der Waals surface area contributed by atoms with Gasteiger partial charge in [-0.15, -0.1) is 0 Å². The number of amides is 1. The van der Waals surface area contributed by atoms with Gasteiger partial charge in [-0.1, -0.05) is 12.1 Å². The molecule has 3 N–H and O–H groups in total. The van der Waals surface area contributed by atoms with Crippen LogP contribution in [0.25, 0.3) is 10.9 Å². The minimum absolute atomic E-state index is 0.0681. The molecule has 1 aliphatic heterocycles. The second-order valence-electron chi connectivity index (χ2n) is 4.95. The molecule has 0 aliphatic carbocycles. The summed E-state index contributed by atoms with van der Waals surface area (Å²) in [4.78, 5) is 14.8. The maximum atomic E-state index is 11.4. The molecule has 0 saturated carbocycles. The Hall–Kier alpha value is -1.81. The van der Waals surface area contributed by atoms with E-state index in [2.05, 4.69) is 46.8 Å².